The minimum atomic E-state index is -0.381. The number of piperidine rings is 8. The molecule has 0 bridgehead atoms. The molecule has 3 amide bonds. The fourth-order valence-corrected chi connectivity index (χ4v) is 10.7. The molecule has 8 aliphatic heterocycles. The summed E-state index contributed by atoms with van der Waals surface area (Å²) >= 11 is 0. The molecule has 8 rings (SSSR count). The van der Waals surface area contributed by atoms with E-state index < -0.39 is 0 Å². The molecular formula is C66H134N8O6. The standard InChI is InChI=1S/3C11H21NO2.3C7H15N.2C6H13N/c1-9-5-7-12(8-6-9)10(13)14-11(2,3)4;1-9-6-5-7-12(8-9)10(13)14-11(2,3)4;1-9-7-5-6-8-12(9)10(13)14-11(2,3)4;1-7-3-5-8(2)6-4-7;1-7-4-3-5-8(2)6-7;1-7-5-3-4-6-8(7)2;1-6-2-4-7-5-3-6;1-6-4-2-3-5-7-6/h3*9H,5-8H2,1-4H3;3*7H,3-6H2,1-2H3;2*6-7H,2-5H2,1H3. The van der Waals surface area contributed by atoms with Crippen molar-refractivity contribution in [3.63, 3.8) is 0 Å². The number of carbonyl (C=O) groups excluding carboxylic acids is 3. The second kappa shape index (κ2) is 40.8. The zero-order valence-corrected chi connectivity index (χ0v) is 56.4. The summed E-state index contributed by atoms with van der Waals surface area (Å²) in [5, 5.41) is 6.70. The number of nitrogens with one attached hydrogen (secondary N) is 2. The summed E-state index contributed by atoms with van der Waals surface area (Å²) in [4.78, 5) is 47.7. The second-order valence-electron chi connectivity index (χ2n) is 28.9. The van der Waals surface area contributed by atoms with Gasteiger partial charge < -0.3 is 54.2 Å². The Morgan fingerprint density at radius 1 is 0.375 bits per heavy atom. The molecule has 0 radical (unpaired) electrons. The van der Waals surface area contributed by atoms with Gasteiger partial charge in [0.2, 0.25) is 0 Å². The van der Waals surface area contributed by atoms with Gasteiger partial charge in [0.05, 0.1) is 0 Å². The van der Waals surface area contributed by atoms with Crippen LogP contribution in [0.25, 0.3) is 0 Å². The average Bonchev–Trinajstić information content (AvgIpc) is 3.37. The zero-order chi connectivity index (χ0) is 60.5. The molecular weight excluding hydrogens is 1000 g/mol. The summed E-state index contributed by atoms with van der Waals surface area (Å²) in [6, 6.07) is 1.95. The number of likely N-dealkylation sites (tertiary alicyclic amines) is 6. The van der Waals surface area contributed by atoms with Gasteiger partial charge in [0.25, 0.3) is 0 Å². The summed E-state index contributed by atoms with van der Waals surface area (Å²) in [7, 11) is 6.62. The van der Waals surface area contributed by atoms with Crippen molar-refractivity contribution in [1.82, 2.24) is 40.0 Å². The SMILES string of the molecule is CC1CCCCN1.CC1CCCCN1C.CC1CCCCN1C(=O)OC(C)(C)C.CC1CCCN(C(=O)OC(C)(C)C)C1.CC1CCCN(C)C1.CC1CCN(C(=O)OC(C)(C)C)CC1.CC1CCN(C)CC1.CC1CCNCC1. The van der Waals surface area contributed by atoms with Crippen LogP contribution in [-0.4, -0.2) is 189 Å². The van der Waals surface area contributed by atoms with Gasteiger partial charge in [-0.25, -0.2) is 14.4 Å². The summed E-state index contributed by atoms with van der Waals surface area (Å²) in [6.07, 6.45) is 24.2. The van der Waals surface area contributed by atoms with Crippen LogP contribution in [0.2, 0.25) is 0 Å². The molecule has 80 heavy (non-hydrogen) atoms. The molecule has 8 heterocycles. The number of ether oxygens (including phenoxy) is 3. The van der Waals surface area contributed by atoms with E-state index in [0.29, 0.717) is 12.0 Å². The lowest BCUT2D eigenvalue weighted by Crippen LogP contribution is -2.44. The Bertz CT molecular complexity index is 1530. The summed E-state index contributed by atoms with van der Waals surface area (Å²) in [6.45, 7) is 49.6. The molecule has 0 aromatic rings. The molecule has 0 aliphatic carbocycles. The third-order valence-corrected chi connectivity index (χ3v) is 16.4. The van der Waals surface area contributed by atoms with Crippen molar-refractivity contribution < 1.29 is 28.6 Å². The highest BCUT2D eigenvalue weighted by molar-refractivity contribution is 5.69. The van der Waals surface area contributed by atoms with E-state index in [4.69, 9.17) is 14.2 Å². The Morgan fingerprint density at radius 2 is 0.825 bits per heavy atom. The fourth-order valence-electron chi connectivity index (χ4n) is 10.7. The molecule has 8 saturated heterocycles. The van der Waals surface area contributed by atoms with Gasteiger partial charge in [-0.15, -0.1) is 0 Å². The highest BCUT2D eigenvalue weighted by atomic mass is 16.6. The fraction of sp³-hybridized carbons (Fsp3) is 0.955. The van der Waals surface area contributed by atoms with Crippen LogP contribution in [0.1, 0.15) is 240 Å². The molecule has 0 spiro atoms. The van der Waals surface area contributed by atoms with E-state index in [-0.39, 0.29) is 35.1 Å². The number of hydrogen-bond acceptors (Lipinski definition) is 11. The maximum atomic E-state index is 11.7. The number of nitrogens with zero attached hydrogens (tertiary/aromatic N) is 6. The molecule has 5 atom stereocenters. The predicted molar refractivity (Wildman–Crippen MR) is 339 cm³/mol. The van der Waals surface area contributed by atoms with Gasteiger partial charge in [0, 0.05) is 57.4 Å². The largest absolute Gasteiger partial charge is 0.444 e. The normalized spacial score (nSPS) is 25.9. The Morgan fingerprint density at radius 3 is 1.19 bits per heavy atom. The van der Waals surface area contributed by atoms with Gasteiger partial charge in [-0.05, 0) is 289 Å². The third-order valence-electron chi connectivity index (χ3n) is 16.4. The smallest absolute Gasteiger partial charge is 0.410 e. The highest BCUT2D eigenvalue weighted by Crippen LogP contribution is 2.22. The summed E-state index contributed by atoms with van der Waals surface area (Å²) in [5.41, 5.74) is -1.13. The van der Waals surface area contributed by atoms with Crippen LogP contribution >= 0.6 is 0 Å². The lowest BCUT2D eigenvalue weighted by Gasteiger charge is -2.34. The molecule has 8 fully saturated rings. The van der Waals surface area contributed by atoms with E-state index in [1.807, 2.05) is 77.0 Å². The first kappa shape index (κ1) is 75.6. The van der Waals surface area contributed by atoms with Crippen LogP contribution in [0.5, 0.6) is 0 Å². The van der Waals surface area contributed by atoms with Gasteiger partial charge in [-0.1, -0.05) is 47.5 Å². The number of rotatable bonds is 0. The molecule has 8 aliphatic rings. The molecule has 14 heteroatoms. The Hall–Kier alpha value is -2.39. The van der Waals surface area contributed by atoms with Crippen molar-refractivity contribution in [3.8, 4) is 0 Å². The van der Waals surface area contributed by atoms with E-state index in [0.717, 1.165) is 101 Å². The predicted octanol–water partition coefficient (Wildman–Crippen LogP) is 14.4. The molecule has 0 aromatic heterocycles. The quantitative estimate of drug-likeness (QED) is 0.225. The van der Waals surface area contributed by atoms with E-state index in [9.17, 15) is 14.4 Å². The van der Waals surface area contributed by atoms with Crippen LogP contribution in [0, 0.1) is 29.6 Å². The molecule has 2 N–H and O–H groups in total. The van der Waals surface area contributed by atoms with Crippen molar-refractivity contribution in [2.75, 3.05) is 106 Å². The monoisotopic (exact) mass is 1140 g/mol. The van der Waals surface area contributed by atoms with E-state index >= 15 is 0 Å². The third kappa shape index (κ3) is 40.0. The van der Waals surface area contributed by atoms with Crippen molar-refractivity contribution in [2.45, 2.75) is 275 Å². The van der Waals surface area contributed by atoms with E-state index in [2.05, 4.69) is 102 Å². The molecule has 5 unspecified atom stereocenters. The summed E-state index contributed by atoms with van der Waals surface area (Å²) in [5.74, 6) is 4.24. The Kier molecular flexibility index (Phi) is 38.6. The lowest BCUT2D eigenvalue weighted by molar-refractivity contribution is 0.0118. The van der Waals surface area contributed by atoms with Crippen LogP contribution in [0.3, 0.4) is 0 Å². The van der Waals surface area contributed by atoms with Gasteiger partial charge >= 0.3 is 18.3 Å². The molecule has 0 aromatic carbocycles. The number of hydrogen-bond donors (Lipinski definition) is 2. The Labute approximate surface area is 495 Å². The topological polar surface area (TPSA) is 122 Å². The zero-order valence-electron chi connectivity index (χ0n) is 56.4. The first-order chi connectivity index (χ1) is 37.3. The summed E-state index contributed by atoms with van der Waals surface area (Å²) < 4.78 is 15.9. The van der Waals surface area contributed by atoms with Gasteiger partial charge in [-0.2, -0.15) is 0 Å². The minimum absolute atomic E-state index is 0.162. The molecule has 0 saturated carbocycles. The number of carbonyl (C=O) groups is 3. The first-order valence-electron chi connectivity index (χ1n) is 32.8. The highest BCUT2D eigenvalue weighted by Gasteiger charge is 2.29. The van der Waals surface area contributed by atoms with Crippen molar-refractivity contribution in [2.24, 2.45) is 29.6 Å². The molecule has 14 nitrogen and oxygen atoms in total. The van der Waals surface area contributed by atoms with Crippen LogP contribution in [-0.2, 0) is 14.2 Å². The van der Waals surface area contributed by atoms with Crippen LogP contribution < -0.4 is 10.6 Å². The van der Waals surface area contributed by atoms with Crippen molar-refractivity contribution in [1.29, 1.82) is 0 Å². The Balaban J connectivity index is 0.000000465. The van der Waals surface area contributed by atoms with E-state index in [1.54, 1.807) is 0 Å². The lowest BCUT2D eigenvalue weighted by atomic mass is 10.00. The maximum absolute atomic E-state index is 11.7. The van der Waals surface area contributed by atoms with Gasteiger partial charge in [0.1, 0.15) is 16.8 Å². The average molecular weight is 1140 g/mol. The van der Waals surface area contributed by atoms with Gasteiger partial charge in [0.15, 0.2) is 0 Å². The number of amides is 3. The second-order valence-corrected chi connectivity index (χ2v) is 28.9. The van der Waals surface area contributed by atoms with E-state index in [1.165, 1.54) is 142 Å². The van der Waals surface area contributed by atoms with Crippen LogP contribution in [0.4, 0.5) is 14.4 Å². The van der Waals surface area contributed by atoms with Gasteiger partial charge in [-0.3, -0.25) is 0 Å². The maximum Gasteiger partial charge on any atom is 0.410 e. The van der Waals surface area contributed by atoms with Crippen molar-refractivity contribution in [3.05, 3.63) is 0 Å². The molecule has 474 valence electrons. The first-order valence-corrected chi connectivity index (χ1v) is 32.8. The van der Waals surface area contributed by atoms with Crippen LogP contribution in [0.15, 0.2) is 0 Å². The minimum Gasteiger partial charge on any atom is -0.444 e. The van der Waals surface area contributed by atoms with Crippen molar-refractivity contribution >= 4 is 18.3 Å².